The smallest absolute Gasteiger partial charge is 0.267 e. The monoisotopic (exact) mass is 323 g/mol. The van der Waals surface area contributed by atoms with Crippen LogP contribution in [-0.4, -0.2) is 42.7 Å². The van der Waals surface area contributed by atoms with Gasteiger partial charge in [-0.3, -0.25) is 4.79 Å². The number of nitrogens with one attached hydrogen (secondary N) is 1. The summed E-state index contributed by atoms with van der Waals surface area (Å²) in [7, 11) is 1.47. The van der Waals surface area contributed by atoms with Gasteiger partial charge in [0.1, 0.15) is 17.4 Å². The highest BCUT2D eigenvalue weighted by molar-refractivity contribution is 6.31. The van der Waals surface area contributed by atoms with E-state index in [0.29, 0.717) is 29.5 Å². The average Bonchev–Trinajstić information content (AvgIpc) is 2.51. The van der Waals surface area contributed by atoms with E-state index >= 15 is 0 Å². The molecule has 0 fully saturated rings. The quantitative estimate of drug-likeness (QED) is 0.592. The summed E-state index contributed by atoms with van der Waals surface area (Å²) in [6.07, 6.45) is 1.42. The van der Waals surface area contributed by atoms with Gasteiger partial charge >= 0.3 is 0 Å². The Labute approximate surface area is 134 Å². The molecule has 0 aliphatic carbocycles. The zero-order valence-electron chi connectivity index (χ0n) is 12.5. The van der Waals surface area contributed by atoms with Crippen molar-refractivity contribution < 1.29 is 14.6 Å². The first kappa shape index (κ1) is 17.8. The van der Waals surface area contributed by atoms with E-state index in [1.165, 1.54) is 13.3 Å². The van der Waals surface area contributed by atoms with Crippen molar-refractivity contribution in [1.82, 2.24) is 4.90 Å². The van der Waals surface area contributed by atoms with Crippen LogP contribution in [0.3, 0.4) is 0 Å². The summed E-state index contributed by atoms with van der Waals surface area (Å²) in [5.74, 6) is -0.128. The molecule has 0 aromatic heterocycles. The van der Waals surface area contributed by atoms with Gasteiger partial charge in [-0.2, -0.15) is 5.26 Å². The molecule has 0 heterocycles. The fourth-order valence-electron chi connectivity index (χ4n) is 1.73. The number of methoxy groups -OCH3 is 1. The lowest BCUT2D eigenvalue weighted by atomic mass is 10.2. The number of halogens is 1. The lowest BCUT2D eigenvalue weighted by Crippen LogP contribution is -2.23. The molecule has 1 aromatic rings. The lowest BCUT2D eigenvalue weighted by molar-refractivity contribution is -0.112. The number of benzene rings is 1. The number of hydrogen-bond acceptors (Lipinski definition) is 5. The first-order chi connectivity index (χ1) is 10.5. The Bertz CT molecular complexity index is 596. The van der Waals surface area contributed by atoms with E-state index < -0.39 is 5.91 Å². The topological polar surface area (TPSA) is 85.6 Å². The molecule has 1 aromatic carbocycles. The van der Waals surface area contributed by atoms with Crippen molar-refractivity contribution in [2.45, 2.75) is 6.92 Å². The van der Waals surface area contributed by atoms with Crippen LogP contribution >= 0.6 is 11.6 Å². The first-order valence-corrected chi connectivity index (χ1v) is 7.05. The number of nitrogens with zero attached hydrogens (tertiary/aromatic N) is 2. The number of amides is 1. The summed E-state index contributed by atoms with van der Waals surface area (Å²) in [6.45, 7) is 2.71. The summed E-state index contributed by atoms with van der Waals surface area (Å²) in [4.78, 5) is 13.9. The average molecular weight is 324 g/mol. The van der Waals surface area contributed by atoms with Gasteiger partial charge in [0.05, 0.1) is 19.4 Å². The highest BCUT2D eigenvalue weighted by Crippen LogP contribution is 2.27. The van der Waals surface area contributed by atoms with Crippen molar-refractivity contribution in [2.75, 3.05) is 32.1 Å². The van der Waals surface area contributed by atoms with Crippen molar-refractivity contribution in [3.63, 3.8) is 0 Å². The predicted octanol–water partition coefficient (Wildman–Crippen LogP) is 2.01. The number of anilines is 1. The van der Waals surface area contributed by atoms with Gasteiger partial charge in [-0.25, -0.2) is 0 Å². The lowest BCUT2D eigenvalue weighted by Gasteiger charge is -2.17. The van der Waals surface area contributed by atoms with E-state index in [9.17, 15) is 4.79 Å². The van der Waals surface area contributed by atoms with Crippen molar-refractivity contribution in [2.24, 2.45) is 0 Å². The molecule has 0 spiro atoms. The van der Waals surface area contributed by atoms with Gasteiger partial charge in [0, 0.05) is 24.3 Å². The third-order valence-electron chi connectivity index (χ3n) is 2.88. The summed E-state index contributed by atoms with van der Waals surface area (Å²) in [5, 5.41) is 21.1. The van der Waals surface area contributed by atoms with Crippen molar-refractivity contribution in [1.29, 1.82) is 5.26 Å². The van der Waals surface area contributed by atoms with Crippen LogP contribution in [0, 0.1) is 11.3 Å². The highest BCUT2D eigenvalue weighted by Gasteiger charge is 2.14. The Kier molecular flexibility index (Phi) is 7.23. The van der Waals surface area contributed by atoms with Crippen LogP contribution in [0.5, 0.6) is 5.75 Å². The molecule has 0 saturated carbocycles. The molecule has 22 heavy (non-hydrogen) atoms. The minimum atomic E-state index is -0.570. The molecule has 2 N–H and O–H groups in total. The van der Waals surface area contributed by atoms with E-state index in [4.69, 9.17) is 26.7 Å². The van der Waals surface area contributed by atoms with Gasteiger partial charge in [0.15, 0.2) is 0 Å². The fraction of sp³-hybridized carbons (Fsp3) is 0.333. The molecule has 118 valence electrons. The number of hydrogen-bond donors (Lipinski definition) is 2. The highest BCUT2D eigenvalue weighted by atomic mass is 35.5. The first-order valence-electron chi connectivity index (χ1n) is 6.67. The summed E-state index contributed by atoms with van der Waals surface area (Å²) >= 11 is 5.90. The second kappa shape index (κ2) is 8.93. The Morgan fingerprint density at radius 3 is 2.86 bits per heavy atom. The molecule has 0 saturated heterocycles. The minimum Gasteiger partial charge on any atom is -0.495 e. The molecular formula is C15H18ClN3O3. The van der Waals surface area contributed by atoms with Crippen LogP contribution in [0.1, 0.15) is 6.92 Å². The van der Waals surface area contributed by atoms with Crippen LogP contribution in [0.2, 0.25) is 5.02 Å². The molecule has 1 rings (SSSR count). The zero-order valence-corrected chi connectivity index (χ0v) is 13.2. The van der Waals surface area contributed by atoms with Crippen LogP contribution in [0.4, 0.5) is 5.69 Å². The van der Waals surface area contributed by atoms with Crippen LogP contribution in [0.15, 0.2) is 30.0 Å². The van der Waals surface area contributed by atoms with Crippen LogP contribution < -0.4 is 10.1 Å². The van der Waals surface area contributed by atoms with Crippen molar-refractivity contribution in [3.05, 3.63) is 35.0 Å². The largest absolute Gasteiger partial charge is 0.495 e. The number of aliphatic hydroxyl groups excluding tert-OH is 1. The number of carbonyl (C=O) groups excluding carboxylic acids is 1. The number of likely N-dealkylation sites (N-methyl/N-ethyl adjacent to an activating group) is 1. The predicted molar refractivity (Wildman–Crippen MR) is 84.7 cm³/mol. The number of ether oxygens (including phenoxy) is 1. The van der Waals surface area contributed by atoms with Gasteiger partial charge in [-0.05, 0) is 25.1 Å². The van der Waals surface area contributed by atoms with Gasteiger partial charge in [-0.1, -0.05) is 11.6 Å². The Morgan fingerprint density at radius 2 is 2.32 bits per heavy atom. The molecule has 0 atom stereocenters. The normalized spacial score (nSPS) is 10.8. The summed E-state index contributed by atoms with van der Waals surface area (Å²) in [6, 6.07) is 6.65. The van der Waals surface area contributed by atoms with E-state index in [2.05, 4.69) is 5.32 Å². The van der Waals surface area contributed by atoms with E-state index in [-0.39, 0.29) is 12.2 Å². The molecule has 0 aliphatic rings. The summed E-state index contributed by atoms with van der Waals surface area (Å²) < 4.78 is 5.14. The van der Waals surface area contributed by atoms with Crippen molar-refractivity contribution >= 4 is 23.2 Å². The standard InChI is InChI=1S/C15H18ClN3O3/c1-3-19(6-7-20)10-11(9-17)15(21)18-13-8-12(16)4-5-14(13)22-2/h4-5,8,10,20H,3,6-7H2,1-2H3,(H,18,21)/b11-10-. The SMILES string of the molecule is CCN(/C=C(/C#N)C(=O)Nc1cc(Cl)ccc1OC)CCO. The van der Waals surface area contributed by atoms with Crippen LogP contribution in [0.25, 0.3) is 0 Å². The minimum absolute atomic E-state index is 0.0627. The molecule has 7 heteroatoms. The Hall–Kier alpha value is -2.23. The van der Waals surface area contributed by atoms with Gasteiger partial charge < -0.3 is 20.1 Å². The molecule has 0 unspecified atom stereocenters. The summed E-state index contributed by atoms with van der Waals surface area (Å²) in [5.41, 5.74) is 0.309. The number of rotatable bonds is 7. The van der Waals surface area contributed by atoms with Gasteiger partial charge in [0.25, 0.3) is 5.91 Å². The molecule has 0 aliphatic heterocycles. The van der Waals surface area contributed by atoms with Crippen LogP contribution in [-0.2, 0) is 4.79 Å². The molecular weight excluding hydrogens is 306 g/mol. The molecule has 6 nitrogen and oxygen atoms in total. The number of nitriles is 1. The number of carbonyl (C=O) groups is 1. The maximum atomic E-state index is 12.2. The van der Waals surface area contributed by atoms with Gasteiger partial charge in [-0.15, -0.1) is 0 Å². The van der Waals surface area contributed by atoms with E-state index in [0.717, 1.165) is 0 Å². The fourth-order valence-corrected chi connectivity index (χ4v) is 1.90. The van der Waals surface area contributed by atoms with E-state index in [1.807, 2.05) is 13.0 Å². The van der Waals surface area contributed by atoms with Crippen molar-refractivity contribution in [3.8, 4) is 11.8 Å². The maximum Gasteiger partial charge on any atom is 0.267 e. The third kappa shape index (κ3) is 4.95. The third-order valence-corrected chi connectivity index (χ3v) is 3.11. The second-order valence-corrected chi connectivity index (χ2v) is 4.74. The second-order valence-electron chi connectivity index (χ2n) is 4.31. The molecule has 0 radical (unpaired) electrons. The maximum absolute atomic E-state index is 12.2. The zero-order chi connectivity index (χ0) is 16.5. The molecule has 1 amide bonds. The van der Waals surface area contributed by atoms with Gasteiger partial charge in [0.2, 0.25) is 0 Å². The number of aliphatic hydroxyl groups is 1. The Balaban J connectivity index is 2.97. The Morgan fingerprint density at radius 1 is 1.59 bits per heavy atom. The molecule has 0 bridgehead atoms. The van der Waals surface area contributed by atoms with E-state index in [1.54, 1.807) is 23.1 Å².